The number of rotatable bonds is 10. The lowest BCUT2D eigenvalue weighted by Gasteiger charge is -2.14. The zero-order valence-corrected chi connectivity index (χ0v) is 15.8. The molecule has 2 aromatic carbocycles. The van der Waals surface area contributed by atoms with Gasteiger partial charge in [-0.2, -0.15) is 8.42 Å². The maximum atomic E-state index is 11.6. The Morgan fingerprint density at radius 2 is 1.54 bits per heavy atom. The van der Waals surface area contributed by atoms with Crippen LogP contribution in [0.5, 0.6) is 17.2 Å². The van der Waals surface area contributed by atoms with Crippen molar-refractivity contribution < 1.29 is 22.8 Å². The minimum Gasteiger partial charge on any atom is -0.506 e. The van der Waals surface area contributed by atoms with Crippen molar-refractivity contribution in [2.45, 2.75) is 56.8 Å². The van der Waals surface area contributed by atoms with E-state index in [1.165, 1.54) is 43.9 Å². The molecule has 0 unspecified atom stereocenters. The van der Waals surface area contributed by atoms with Gasteiger partial charge in [-0.1, -0.05) is 63.3 Å². The van der Waals surface area contributed by atoms with Crippen LogP contribution in [-0.2, 0) is 16.5 Å². The van der Waals surface area contributed by atoms with E-state index in [-0.39, 0.29) is 5.75 Å². The monoisotopic (exact) mass is 378 g/mol. The van der Waals surface area contributed by atoms with Crippen molar-refractivity contribution in [1.29, 1.82) is 0 Å². The Hall–Kier alpha value is -2.05. The molecular weight excluding hydrogens is 352 g/mol. The number of phenols is 1. The van der Waals surface area contributed by atoms with Crippen LogP contribution in [0.25, 0.3) is 0 Å². The van der Waals surface area contributed by atoms with Crippen LogP contribution in [0.4, 0.5) is 0 Å². The smallest absolute Gasteiger partial charge is 0.301 e. The van der Waals surface area contributed by atoms with Gasteiger partial charge in [0.2, 0.25) is 0 Å². The molecule has 0 aliphatic carbocycles. The summed E-state index contributed by atoms with van der Waals surface area (Å²) >= 11 is 0. The lowest BCUT2D eigenvalue weighted by atomic mass is 10.0. The van der Waals surface area contributed by atoms with Gasteiger partial charge in [-0.05, 0) is 36.6 Å². The summed E-state index contributed by atoms with van der Waals surface area (Å²) < 4.78 is 38.2. The minimum absolute atomic E-state index is 0.0945. The van der Waals surface area contributed by atoms with Gasteiger partial charge in [0, 0.05) is 0 Å². The van der Waals surface area contributed by atoms with Gasteiger partial charge in [0.15, 0.2) is 10.6 Å². The molecule has 0 spiro atoms. The molecule has 0 atom stereocenters. The molecule has 0 amide bonds. The number of phenolic OH excluding ortho intramolecular Hbond substituents is 1. The Kier molecular flexibility index (Phi) is 7.48. The average molecular weight is 378 g/mol. The summed E-state index contributed by atoms with van der Waals surface area (Å²) in [6.45, 7) is 2.19. The molecule has 2 N–H and O–H groups in total. The van der Waals surface area contributed by atoms with E-state index in [9.17, 15) is 18.1 Å². The van der Waals surface area contributed by atoms with Crippen LogP contribution in [0.15, 0.2) is 47.4 Å². The molecule has 2 aromatic rings. The summed E-state index contributed by atoms with van der Waals surface area (Å²) in [5, 5.41) is 9.80. The number of para-hydroxylation sites is 1. The Morgan fingerprint density at radius 1 is 0.885 bits per heavy atom. The number of hydrogen-bond acceptors (Lipinski definition) is 4. The molecule has 6 heteroatoms. The highest BCUT2D eigenvalue weighted by atomic mass is 32.2. The van der Waals surface area contributed by atoms with Gasteiger partial charge in [-0.3, -0.25) is 4.55 Å². The Balaban J connectivity index is 2.13. The average Bonchev–Trinajstić information content (AvgIpc) is 2.58. The highest BCUT2D eigenvalue weighted by Gasteiger charge is 2.22. The fraction of sp³-hybridized carbons (Fsp3) is 0.400. The maximum Gasteiger partial charge on any atom is 0.301 e. The van der Waals surface area contributed by atoms with E-state index in [1.807, 2.05) is 12.1 Å². The van der Waals surface area contributed by atoms with Crippen molar-refractivity contribution >= 4 is 10.1 Å². The summed E-state index contributed by atoms with van der Waals surface area (Å²) in [7, 11) is -4.60. The largest absolute Gasteiger partial charge is 0.506 e. The molecule has 142 valence electrons. The quantitative estimate of drug-likeness (QED) is 0.431. The summed E-state index contributed by atoms with van der Waals surface area (Å²) in [5.41, 5.74) is 0.965. The summed E-state index contributed by atoms with van der Waals surface area (Å²) in [4.78, 5) is -0.616. The lowest BCUT2D eigenvalue weighted by Crippen LogP contribution is -2.02. The summed E-state index contributed by atoms with van der Waals surface area (Å²) in [6, 6.07) is 11.5. The minimum atomic E-state index is -4.60. The predicted molar refractivity (Wildman–Crippen MR) is 102 cm³/mol. The Labute approximate surface area is 155 Å². The predicted octanol–water partition coefficient (Wildman–Crippen LogP) is 5.33. The highest BCUT2D eigenvalue weighted by Crippen LogP contribution is 2.36. The molecule has 2 rings (SSSR count). The van der Waals surface area contributed by atoms with Crippen molar-refractivity contribution in [1.82, 2.24) is 0 Å². The van der Waals surface area contributed by atoms with Crippen molar-refractivity contribution in [3.8, 4) is 17.2 Å². The first kappa shape index (κ1) is 20.3. The van der Waals surface area contributed by atoms with E-state index in [0.29, 0.717) is 5.75 Å². The Bertz CT molecular complexity index is 815. The SMILES string of the molecule is CCCCCCCCc1ccccc1Oc1cccc(O)c1S(=O)(=O)O. The van der Waals surface area contributed by atoms with Crippen LogP contribution in [0.3, 0.4) is 0 Å². The lowest BCUT2D eigenvalue weighted by molar-refractivity contribution is 0.413. The first-order chi connectivity index (χ1) is 12.4. The molecule has 0 aliphatic heterocycles. The third-order valence-electron chi connectivity index (χ3n) is 4.21. The van der Waals surface area contributed by atoms with Gasteiger partial charge in [0.05, 0.1) is 0 Å². The standard InChI is InChI=1S/C20H26O5S/c1-2-3-4-5-6-7-11-16-12-8-9-14-18(16)25-19-15-10-13-17(21)20(19)26(22,23)24/h8-10,12-15,21H,2-7,11H2,1H3,(H,22,23,24). The zero-order valence-electron chi connectivity index (χ0n) is 15.0. The molecule has 0 aromatic heterocycles. The van der Waals surface area contributed by atoms with Gasteiger partial charge in [-0.25, -0.2) is 0 Å². The summed E-state index contributed by atoms with van der Waals surface area (Å²) in [6.07, 6.45) is 7.91. The van der Waals surface area contributed by atoms with Gasteiger partial charge < -0.3 is 9.84 Å². The van der Waals surface area contributed by atoms with Crippen LogP contribution in [-0.4, -0.2) is 18.1 Å². The summed E-state index contributed by atoms with van der Waals surface area (Å²) in [5.74, 6) is -0.113. The number of benzene rings is 2. The van der Waals surface area contributed by atoms with Gasteiger partial charge in [0.25, 0.3) is 0 Å². The first-order valence-electron chi connectivity index (χ1n) is 8.98. The van der Waals surface area contributed by atoms with Crippen molar-refractivity contribution in [3.63, 3.8) is 0 Å². The van der Waals surface area contributed by atoms with Crippen LogP contribution in [0, 0.1) is 0 Å². The normalized spacial score (nSPS) is 11.5. The van der Waals surface area contributed by atoms with Crippen LogP contribution < -0.4 is 4.74 Å². The van der Waals surface area contributed by atoms with Crippen LogP contribution >= 0.6 is 0 Å². The second kappa shape index (κ2) is 9.59. The van der Waals surface area contributed by atoms with Crippen LogP contribution in [0.1, 0.15) is 51.0 Å². The molecule has 0 bridgehead atoms. The van der Waals surface area contributed by atoms with Gasteiger partial charge in [0.1, 0.15) is 11.5 Å². The molecule has 0 aliphatic rings. The van der Waals surface area contributed by atoms with Crippen LogP contribution in [0.2, 0.25) is 0 Å². The molecule has 5 nitrogen and oxygen atoms in total. The number of ether oxygens (including phenoxy) is 1. The molecule has 26 heavy (non-hydrogen) atoms. The van der Waals surface area contributed by atoms with E-state index in [4.69, 9.17) is 4.74 Å². The second-order valence-corrected chi connectivity index (χ2v) is 7.67. The number of hydrogen-bond donors (Lipinski definition) is 2. The first-order valence-corrected chi connectivity index (χ1v) is 10.4. The molecule has 0 saturated heterocycles. The number of aromatic hydroxyl groups is 1. The highest BCUT2D eigenvalue weighted by molar-refractivity contribution is 7.86. The molecular formula is C20H26O5S. The van der Waals surface area contributed by atoms with Crippen molar-refractivity contribution in [3.05, 3.63) is 48.0 Å². The molecule has 0 fully saturated rings. The molecule has 0 radical (unpaired) electrons. The fourth-order valence-corrected chi connectivity index (χ4v) is 3.56. The van der Waals surface area contributed by atoms with Crippen molar-refractivity contribution in [2.24, 2.45) is 0 Å². The third kappa shape index (κ3) is 5.75. The molecule has 0 heterocycles. The molecule has 0 saturated carbocycles. The Morgan fingerprint density at radius 3 is 2.27 bits per heavy atom. The topological polar surface area (TPSA) is 83.8 Å². The fourth-order valence-electron chi connectivity index (χ4n) is 2.87. The van der Waals surface area contributed by atoms with E-state index in [0.717, 1.165) is 24.8 Å². The third-order valence-corrected chi connectivity index (χ3v) is 5.13. The van der Waals surface area contributed by atoms with E-state index in [1.54, 1.807) is 12.1 Å². The van der Waals surface area contributed by atoms with E-state index >= 15 is 0 Å². The van der Waals surface area contributed by atoms with Gasteiger partial charge >= 0.3 is 10.1 Å². The van der Waals surface area contributed by atoms with E-state index in [2.05, 4.69) is 6.92 Å². The number of aryl methyl sites for hydroxylation is 1. The zero-order chi connectivity index (χ0) is 19.0. The number of unbranched alkanes of at least 4 members (excludes halogenated alkanes) is 5. The van der Waals surface area contributed by atoms with Gasteiger partial charge in [-0.15, -0.1) is 0 Å². The van der Waals surface area contributed by atoms with E-state index < -0.39 is 20.8 Å². The van der Waals surface area contributed by atoms with Crippen molar-refractivity contribution in [2.75, 3.05) is 0 Å². The maximum absolute atomic E-state index is 11.6. The second-order valence-electron chi connectivity index (χ2n) is 6.31.